The molecule has 0 unspecified atom stereocenters. The molecule has 0 bridgehead atoms. The number of rotatable bonds is 4. The maximum Gasteiger partial charge on any atom is 0.343 e. The predicted molar refractivity (Wildman–Crippen MR) is 76.7 cm³/mol. The summed E-state index contributed by atoms with van der Waals surface area (Å²) in [6, 6.07) is 14.0. The first-order chi connectivity index (χ1) is 9.19. The number of carbonyl (C=O) groups excluding carboxylic acids is 1. The quantitative estimate of drug-likeness (QED) is 0.629. The van der Waals surface area contributed by atoms with Gasteiger partial charge in [-0.25, -0.2) is 4.79 Å². The number of esters is 1. The molecule has 0 amide bonds. The SMILES string of the molecule is CCOc1ccc(C(=O)Oc2ccc(Br)cc2)cc1. The van der Waals surface area contributed by atoms with Crippen molar-refractivity contribution in [1.29, 1.82) is 0 Å². The maximum absolute atomic E-state index is 11.9. The van der Waals surface area contributed by atoms with Crippen molar-refractivity contribution >= 4 is 21.9 Å². The van der Waals surface area contributed by atoms with Crippen LogP contribution in [0.2, 0.25) is 0 Å². The second-order valence-corrected chi connectivity index (χ2v) is 4.72. The smallest absolute Gasteiger partial charge is 0.343 e. The van der Waals surface area contributed by atoms with Gasteiger partial charge in [0.25, 0.3) is 0 Å². The van der Waals surface area contributed by atoms with Crippen molar-refractivity contribution in [1.82, 2.24) is 0 Å². The van der Waals surface area contributed by atoms with Gasteiger partial charge < -0.3 is 9.47 Å². The largest absolute Gasteiger partial charge is 0.494 e. The fourth-order valence-electron chi connectivity index (χ4n) is 1.52. The first-order valence-corrected chi connectivity index (χ1v) is 6.69. The van der Waals surface area contributed by atoms with Crippen LogP contribution in [0.3, 0.4) is 0 Å². The van der Waals surface area contributed by atoms with E-state index in [2.05, 4.69) is 15.9 Å². The third kappa shape index (κ3) is 3.83. The Hall–Kier alpha value is -1.81. The second kappa shape index (κ2) is 6.38. The highest BCUT2D eigenvalue weighted by Crippen LogP contribution is 2.18. The van der Waals surface area contributed by atoms with Crippen LogP contribution in [0.4, 0.5) is 0 Å². The highest BCUT2D eigenvalue weighted by Gasteiger charge is 2.08. The van der Waals surface area contributed by atoms with E-state index in [-0.39, 0.29) is 5.97 Å². The molecule has 0 aliphatic carbocycles. The first kappa shape index (κ1) is 13.6. The van der Waals surface area contributed by atoms with Crippen molar-refractivity contribution in [3.8, 4) is 11.5 Å². The maximum atomic E-state index is 11.9. The zero-order valence-electron chi connectivity index (χ0n) is 10.4. The van der Waals surface area contributed by atoms with Crippen LogP contribution in [-0.4, -0.2) is 12.6 Å². The van der Waals surface area contributed by atoms with E-state index in [9.17, 15) is 4.79 Å². The Bertz CT molecular complexity index is 547. The van der Waals surface area contributed by atoms with Crippen LogP contribution in [-0.2, 0) is 0 Å². The van der Waals surface area contributed by atoms with Gasteiger partial charge in [-0.15, -0.1) is 0 Å². The molecule has 19 heavy (non-hydrogen) atoms. The summed E-state index contributed by atoms with van der Waals surface area (Å²) in [7, 11) is 0. The summed E-state index contributed by atoms with van der Waals surface area (Å²) in [4.78, 5) is 11.9. The lowest BCUT2D eigenvalue weighted by atomic mass is 10.2. The Balaban J connectivity index is 2.05. The van der Waals surface area contributed by atoms with Gasteiger partial charge in [-0.05, 0) is 55.5 Å². The molecule has 0 radical (unpaired) electrons. The van der Waals surface area contributed by atoms with Gasteiger partial charge in [0.15, 0.2) is 0 Å². The second-order valence-electron chi connectivity index (χ2n) is 3.80. The van der Waals surface area contributed by atoms with Gasteiger partial charge in [-0.1, -0.05) is 15.9 Å². The number of halogens is 1. The highest BCUT2D eigenvalue weighted by atomic mass is 79.9. The number of carbonyl (C=O) groups is 1. The molecule has 0 aliphatic rings. The van der Waals surface area contributed by atoms with Crippen LogP contribution in [0.1, 0.15) is 17.3 Å². The van der Waals surface area contributed by atoms with E-state index >= 15 is 0 Å². The molecular weight excluding hydrogens is 308 g/mol. The van der Waals surface area contributed by atoms with Crippen LogP contribution in [0.15, 0.2) is 53.0 Å². The van der Waals surface area contributed by atoms with Gasteiger partial charge in [-0.2, -0.15) is 0 Å². The average molecular weight is 321 g/mol. The van der Waals surface area contributed by atoms with Gasteiger partial charge in [0.2, 0.25) is 0 Å². The Morgan fingerprint density at radius 3 is 2.16 bits per heavy atom. The minimum atomic E-state index is -0.384. The minimum absolute atomic E-state index is 0.384. The highest BCUT2D eigenvalue weighted by molar-refractivity contribution is 9.10. The van der Waals surface area contributed by atoms with Crippen LogP contribution in [0.5, 0.6) is 11.5 Å². The van der Waals surface area contributed by atoms with E-state index in [1.165, 1.54) is 0 Å². The number of hydrogen-bond acceptors (Lipinski definition) is 3. The van der Waals surface area contributed by atoms with Crippen molar-refractivity contribution in [3.05, 3.63) is 58.6 Å². The molecule has 0 aromatic heterocycles. The zero-order chi connectivity index (χ0) is 13.7. The summed E-state index contributed by atoms with van der Waals surface area (Å²) < 4.78 is 11.5. The summed E-state index contributed by atoms with van der Waals surface area (Å²) in [5.41, 5.74) is 0.492. The standard InChI is InChI=1S/C15H13BrO3/c1-2-18-13-7-3-11(4-8-13)15(17)19-14-9-5-12(16)6-10-14/h3-10H,2H2,1H3. The van der Waals surface area contributed by atoms with Crippen LogP contribution in [0, 0.1) is 0 Å². The Labute approximate surface area is 120 Å². The lowest BCUT2D eigenvalue weighted by molar-refractivity contribution is 0.0734. The van der Waals surface area contributed by atoms with Crippen LogP contribution in [0.25, 0.3) is 0 Å². The van der Waals surface area contributed by atoms with Crippen LogP contribution >= 0.6 is 15.9 Å². The summed E-state index contributed by atoms with van der Waals surface area (Å²) in [6.45, 7) is 2.51. The molecule has 0 aliphatic heterocycles. The molecule has 2 aromatic carbocycles. The molecule has 0 spiro atoms. The molecule has 0 heterocycles. The summed E-state index contributed by atoms with van der Waals surface area (Å²) in [6.07, 6.45) is 0. The third-order valence-corrected chi connectivity index (χ3v) is 2.95. The lowest BCUT2D eigenvalue weighted by Crippen LogP contribution is -2.08. The number of benzene rings is 2. The first-order valence-electron chi connectivity index (χ1n) is 5.89. The fourth-order valence-corrected chi connectivity index (χ4v) is 1.79. The molecule has 4 heteroatoms. The molecule has 0 fully saturated rings. The zero-order valence-corrected chi connectivity index (χ0v) is 12.0. The average Bonchev–Trinajstić information content (AvgIpc) is 2.42. The lowest BCUT2D eigenvalue weighted by Gasteiger charge is -2.06. The van der Waals surface area contributed by atoms with Crippen molar-refractivity contribution in [2.75, 3.05) is 6.61 Å². The van der Waals surface area contributed by atoms with Gasteiger partial charge >= 0.3 is 5.97 Å². The minimum Gasteiger partial charge on any atom is -0.494 e. The summed E-state index contributed by atoms with van der Waals surface area (Å²) >= 11 is 3.32. The number of hydrogen-bond donors (Lipinski definition) is 0. The molecule has 0 atom stereocenters. The van der Waals surface area contributed by atoms with E-state index in [1.54, 1.807) is 36.4 Å². The van der Waals surface area contributed by atoms with Crippen molar-refractivity contribution < 1.29 is 14.3 Å². The Kier molecular flexibility index (Phi) is 4.58. The van der Waals surface area contributed by atoms with E-state index in [0.717, 1.165) is 10.2 Å². The molecule has 0 N–H and O–H groups in total. The topological polar surface area (TPSA) is 35.5 Å². The monoisotopic (exact) mass is 320 g/mol. The Morgan fingerprint density at radius 2 is 1.58 bits per heavy atom. The molecule has 2 aromatic rings. The molecule has 2 rings (SSSR count). The fraction of sp³-hybridized carbons (Fsp3) is 0.133. The van der Waals surface area contributed by atoms with Gasteiger partial charge in [0.1, 0.15) is 11.5 Å². The number of ether oxygens (including phenoxy) is 2. The predicted octanol–water partition coefficient (Wildman–Crippen LogP) is 4.07. The van der Waals surface area contributed by atoms with Crippen molar-refractivity contribution in [3.63, 3.8) is 0 Å². The van der Waals surface area contributed by atoms with Crippen molar-refractivity contribution in [2.45, 2.75) is 6.92 Å². The summed E-state index contributed by atoms with van der Waals surface area (Å²) in [5.74, 6) is 0.871. The molecule has 98 valence electrons. The van der Waals surface area contributed by atoms with Crippen molar-refractivity contribution in [2.24, 2.45) is 0 Å². The molecule has 0 saturated heterocycles. The van der Waals surface area contributed by atoms with Gasteiger partial charge in [0, 0.05) is 4.47 Å². The van der Waals surface area contributed by atoms with Gasteiger partial charge in [0.05, 0.1) is 12.2 Å². The van der Waals surface area contributed by atoms with E-state index < -0.39 is 0 Å². The Morgan fingerprint density at radius 1 is 1.00 bits per heavy atom. The van der Waals surface area contributed by atoms with Gasteiger partial charge in [-0.3, -0.25) is 0 Å². The normalized spacial score (nSPS) is 10.0. The molecule has 0 saturated carbocycles. The van der Waals surface area contributed by atoms with Crippen LogP contribution < -0.4 is 9.47 Å². The molecular formula is C15H13BrO3. The van der Waals surface area contributed by atoms with E-state index in [1.807, 2.05) is 19.1 Å². The molecule has 3 nitrogen and oxygen atoms in total. The third-order valence-electron chi connectivity index (χ3n) is 2.43. The summed E-state index contributed by atoms with van der Waals surface area (Å²) in [5, 5.41) is 0. The van der Waals surface area contributed by atoms with E-state index in [4.69, 9.17) is 9.47 Å². The van der Waals surface area contributed by atoms with E-state index in [0.29, 0.717) is 17.9 Å².